The smallest absolute Gasteiger partial charge is 0.308 e. The molecular formula is C29H54O4. The number of carbonyl (C=O) groups excluding carboxylic acids is 2. The van der Waals surface area contributed by atoms with Crippen LogP contribution in [0.2, 0.25) is 0 Å². The van der Waals surface area contributed by atoms with Gasteiger partial charge in [0, 0.05) is 0 Å². The predicted molar refractivity (Wildman–Crippen MR) is 137 cm³/mol. The Balaban J connectivity index is 2.12. The normalized spacial score (nSPS) is 19.4. The van der Waals surface area contributed by atoms with Crippen LogP contribution in [0.4, 0.5) is 0 Å². The molecule has 1 aliphatic rings. The summed E-state index contributed by atoms with van der Waals surface area (Å²) in [5.41, 5.74) is 0. The molecule has 0 aromatic rings. The second kappa shape index (κ2) is 19.3. The molecule has 0 spiro atoms. The van der Waals surface area contributed by atoms with E-state index in [0.717, 1.165) is 50.9 Å². The number of unbranched alkanes of at least 4 members (excludes halogenated alkanes) is 8. The number of esters is 2. The van der Waals surface area contributed by atoms with Gasteiger partial charge in [-0.1, -0.05) is 105 Å². The third kappa shape index (κ3) is 14.7. The molecular weight excluding hydrogens is 412 g/mol. The van der Waals surface area contributed by atoms with Gasteiger partial charge in [0.25, 0.3) is 0 Å². The molecule has 0 heterocycles. The number of hydrogen-bond acceptors (Lipinski definition) is 4. The summed E-state index contributed by atoms with van der Waals surface area (Å²) >= 11 is 0. The maximum atomic E-state index is 12.6. The molecule has 0 radical (unpaired) electrons. The van der Waals surface area contributed by atoms with Crippen molar-refractivity contribution in [2.24, 2.45) is 23.7 Å². The van der Waals surface area contributed by atoms with Gasteiger partial charge in [-0.25, -0.2) is 0 Å². The molecule has 194 valence electrons. The van der Waals surface area contributed by atoms with E-state index in [0.29, 0.717) is 25.6 Å². The first-order valence-corrected chi connectivity index (χ1v) is 14.3. The van der Waals surface area contributed by atoms with Crippen LogP contribution in [-0.2, 0) is 19.1 Å². The SMILES string of the molecule is CCCCC(CC)COC(=O)C1CCCC(C(=O)OCCCCCCCCCCC(C)C)C1. The second-order valence-electron chi connectivity index (χ2n) is 10.8. The van der Waals surface area contributed by atoms with E-state index in [9.17, 15) is 9.59 Å². The summed E-state index contributed by atoms with van der Waals surface area (Å²) in [5.74, 6) is 0.807. The van der Waals surface area contributed by atoms with Crippen LogP contribution in [0, 0.1) is 23.7 Å². The van der Waals surface area contributed by atoms with Crippen LogP contribution in [0.15, 0.2) is 0 Å². The Morgan fingerprint density at radius 3 is 1.91 bits per heavy atom. The zero-order valence-electron chi connectivity index (χ0n) is 22.4. The first kappa shape index (κ1) is 30.0. The maximum Gasteiger partial charge on any atom is 0.308 e. The molecule has 1 fully saturated rings. The second-order valence-corrected chi connectivity index (χ2v) is 10.8. The Labute approximate surface area is 205 Å². The standard InChI is InChI=1S/C29H54O4/c1-5-7-18-25(6-2)23-33-29(31)27-20-16-19-26(22-27)28(30)32-21-15-13-11-9-8-10-12-14-17-24(3)4/h24-27H,5-23H2,1-4H3. The van der Waals surface area contributed by atoms with E-state index >= 15 is 0 Å². The molecule has 4 heteroatoms. The molecule has 0 amide bonds. The highest BCUT2D eigenvalue weighted by atomic mass is 16.5. The minimum atomic E-state index is -0.138. The molecule has 4 nitrogen and oxygen atoms in total. The molecule has 0 aromatic carbocycles. The highest BCUT2D eigenvalue weighted by molar-refractivity contribution is 5.76. The molecule has 3 unspecified atom stereocenters. The Morgan fingerprint density at radius 2 is 1.33 bits per heavy atom. The lowest BCUT2D eigenvalue weighted by molar-refractivity contribution is -0.156. The van der Waals surface area contributed by atoms with Gasteiger partial charge in [0.2, 0.25) is 0 Å². The van der Waals surface area contributed by atoms with Crippen molar-refractivity contribution >= 4 is 11.9 Å². The van der Waals surface area contributed by atoms with Crippen LogP contribution >= 0.6 is 0 Å². The number of carbonyl (C=O) groups is 2. The zero-order chi connectivity index (χ0) is 24.3. The van der Waals surface area contributed by atoms with Crippen LogP contribution in [0.5, 0.6) is 0 Å². The maximum absolute atomic E-state index is 12.6. The lowest BCUT2D eigenvalue weighted by Gasteiger charge is -2.27. The molecule has 0 aliphatic heterocycles. The van der Waals surface area contributed by atoms with E-state index in [2.05, 4.69) is 27.7 Å². The van der Waals surface area contributed by atoms with Crippen LogP contribution < -0.4 is 0 Å². The summed E-state index contributed by atoms with van der Waals surface area (Å²) in [5, 5.41) is 0. The van der Waals surface area contributed by atoms with Crippen LogP contribution in [0.3, 0.4) is 0 Å². The summed E-state index contributed by atoms with van der Waals surface area (Å²) in [6.07, 6.45) is 19.1. The quantitative estimate of drug-likeness (QED) is 0.142. The molecule has 0 bridgehead atoms. The van der Waals surface area contributed by atoms with Crippen molar-refractivity contribution in [3.05, 3.63) is 0 Å². The van der Waals surface area contributed by atoms with Gasteiger partial charge in [-0.2, -0.15) is 0 Å². The molecule has 3 atom stereocenters. The van der Waals surface area contributed by atoms with E-state index in [4.69, 9.17) is 9.47 Å². The van der Waals surface area contributed by atoms with E-state index < -0.39 is 0 Å². The molecule has 0 N–H and O–H groups in total. The van der Waals surface area contributed by atoms with Crippen molar-refractivity contribution in [2.75, 3.05) is 13.2 Å². The van der Waals surface area contributed by atoms with Gasteiger partial charge in [0.1, 0.15) is 0 Å². The molecule has 1 saturated carbocycles. The Bertz CT molecular complexity index is 502. The zero-order valence-corrected chi connectivity index (χ0v) is 22.4. The van der Waals surface area contributed by atoms with Crippen molar-refractivity contribution in [3.8, 4) is 0 Å². The first-order chi connectivity index (χ1) is 16.0. The summed E-state index contributed by atoms with van der Waals surface area (Å²) in [6, 6.07) is 0. The molecule has 0 saturated heterocycles. The number of rotatable bonds is 19. The summed E-state index contributed by atoms with van der Waals surface area (Å²) < 4.78 is 11.2. The van der Waals surface area contributed by atoms with Gasteiger partial charge in [0.15, 0.2) is 0 Å². The van der Waals surface area contributed by atoms with E-state index in [-0.39, 0.29) is 23.8 Å². The molecule has 1 aliphatic carbocycles. The van der Waals surface area contributed by atoms with Crippen molar-refractivity contribution < 1.29 is 19.1 Å². The van der Waals surface area contributed by atoms with Gasteiger partial charge in [0.05, 0.1) is 25.0 Å². The fourth-order valence-corrected chi connectivity index (χ4v) is 4.84. The van der Waals surface area contributed by atoms with Gasteiger partial charge in [-0.15, -0.1) is 0 Å². The average Bonchev–Trinajstić information content (AvgIpc) is 2.82. The topological polar surface area (TPSA) is 52.6 Å². The minimum absolute atomic E-state index is 0.105. The Morgan fingerprint density at radius 1 is 0.758 bits per heavy atom. The van der Waals surface area contributed by atoms with Crippen molar-refractivity contribution in [1.29, 1.82) is 0 Å². The van der Waals surface area contributed by atoms with Gasteiger partial charge < -0.3 is 9.47 Å². The summed E-state index contributed by atoms with van der Waals surface area (Å²) in [7, 11) is 0. The fourth-order valence-electron chi connectivity index (χ4n) is 4.84. The summed E-state index contributed by atoms with van der Waals surface area (Å²) in [6.45, 7) is 10.00. The molecule has 1 rings (SSSR count). The predicted octanol–water partition coefficient (Wildman–Crippen LogP) is 8.26. The third-order valence-electron chi connectivity index (χ3n) is 7.27. The van der Waals surface area contributed by atoms with Gasteiger partial charge in [-0.05, 0) is 43.9 Å². The highest BCUT2D eigenvalue weighted by Crippen LogP contribution is 2.31. The van der Waals surface area contributed by atoms with Crippen LogP contribution in [-0.4, -0.2) is 25.2 Å². The number of hydrogen-bond donors (Lipinski definition) is 0. The van der Waals surface area contributed by atoms with E-state index in [1.165, 1.54) is 57.8 Å². The largest absolute Gasteiger partial charge is 0.465 e. The fraction of sp³-hybridized carbons (Fsp3) is 0.931. The number of ether oxygens (including phenoxy) is 2. The Hall–Kier alpha value is -1.06. The molecule has 0 aromatic heterocycles. The van der Waals surface area contributed by atoms with E-state index in [1.54, 1.807) is 0 Å². The van der Waals surface area contributed by atoms with Crippen molar-refractivity contribution in [1.82, 2.24) is 0 Å². The van der Waals surface area contributed by atoms with Gasteiger partial charge >= 0.3 is 11.9 Å². The van der Waals surface area contributed by atoms with Crippen molar-refractivity contribution in [3.63, 3.8) is 0 Å². The molecule has 33 heavy (non-hydrogen) atoms. The van der Waals surface area contributed by atoms with Crippen LogP contribution in [0.1, 0.15) is 137 Å². The first-order valence-electron chi connectivity index (χ1n) is 14.3. The lowest BCUT2D eigenvalue weighted by Crippen LogP contribution is -2.30. The lowest BCUT2D eigenvalue weighted by atomic mass is 9.81. The van der Waals surface area contributed by atoms with Crippen LogP contribution in [0.25, 0.3) is 0 Å². The minimum Gasteiger partial charge on any atom is -0.465 e. The Kier molecular flexibility index (Phi) is 17.5. The highest BCUT2D eigenvalue weighted by Gasteiger charge is 2.33. The monoisotopic (exact) mass is 466 g/mol. The van der Waals surface area contributed by atoms with E-state index in [1.807, 2.05) is 0 Å². The van der Waals surface area contributed by atoms with Crippen molar-refractivity contribution in [2.45, 2.75) is 137 Å². The average molecular weight is 467 g/mol. The van der Waals surface area contributed by atoms with Gasteiger partial charge in [-0.3, -0.25) is 9.59 Å². The summed E-state index contributed by atoms with van der Waals surface area (Å²) in [4.78, 5) is 25.1. The third-order valence-corrected chi connectivity index (χ3v) is 7.27.